The van der Waals surface area contributed by atoms with Gasteiger partial charge in [-0.2, -0.15) is 0 Å². The summed E-state index contributed by atoms with van der Waals surface area (Å²) in [7, 11) is 4.84. The molecule has 12 heteroatoms. The highest BCUT2D eigenvalue weighted by atomic mass is 16.5. The molecule has 12 nitrogen and oxygen atoms in total. The minimum absolute atomic E-state index is 0.144. The Balaban J connectivity index is 0.987. The number of aryl methyl sites for hydroxylation is 1. The van der Waals surface area contributed by atoms with Gasteiger partial charge in [0.2, 0.25) is 6.41 Å². The number of nitrogens with two attached hydrogens (primary N) is 1. The normalized spacial score (nSPS) is 17.4. The van der Waals surface area contributed by atoms with Crippen molar-refractivity contribution in [1.82, 2.24) is 9.80 Å². The highest BCUT2D eigenvalue weighted by Gasteiger charge is 2.35. The van der Waals surface area contributed by atoms with Gasteiger partial charge >= 0.3 is 0 Å². The van der Waals surface area contributed by atoms with E-state index in [1.165, 1.54) is 0 Å². The topological polar surface area (TPSA) is 138 Å². The van der Waals surface area contributed by atoms with Crippen molar-refractivity contribution in [3.8, 4) is 28.7 Å². The second kappa shape index (κ2) is 17.6. The van der Waals surface area contributed by atoms with Crippen molar-refractivity contribution in [2.24, 2.45) is 20.8 Å². The molecule has 61 heavy (non-hydrogen) atoms. The van der Waals surface area contributed by atoms with Gasteiger partial charge in [0.05, 0.1) is 63.6 Å². The van der Waals surface area contributed by atoms with Crippen LogP contribution in [0.5, 0.6) is 28.7 Å². The van der Waals surface area contributed by atoms with E-state index >= 15 is 0 Å². The Kier molecular flexibility index (Phi) is 12.3. The third-order valence-corrected chi connectivity index (χ3v) is 11.3. The smallest absolute Gasteiger partial charge is 0.260 e. The lowest BCUT2D eigenvalue weighted by Crippen LogP contribution is -2.33. The van der Waals surface area contributed by atoms with Crippen molar-refractivity contribution in [2.45, 2.75) is 66.0 Å². The number of carbonyl (C=O) groups is 2. The molecule has 0 radical (unpaired) electrons. The summed E-state index contributed by atoms with van der Waals surface area (Å²) in [5.74, 6) is 2.82. The van der Waals surface area contributed by atoms with Gasteiger partial charge in [0.1, 0.15) is 5.75 Å². The Morgan fingerprint density at radius 3 is 2.02 bits per heavy atom. The number of ether oxygens (including phenoxy) is 5. The summed E-state index contributed by atoms with van der Waals surface area (Å²) in [6.45, 7) is 11.4. The second-order valence-electron chi connectivity index (χ2n) is 17.4. The number of hydrogen-bond donors (Lipinski definition) is 1. The van der Waals surface area contributed by atoms with Crippen molar-refractivity contribution < 1.29 is 33.3 Å². The van der Waals surface area contributed by atoms with Crippen LogP contribution >= 0.6 is 0 Å². The Morgan fingerprint density at radius 1 is 0.787 bits per heavy atom. The summed E-state index contributed by atoms with van der Waals surface area (Å²) < 4.78 is 29.7. The van der Waals surface area contributed by atoms with Crippen molar-refractivity contribution in [3.63, 3.8) is 0 Å². The monoisotopic (exact) mass is 825 g/mol. The molecule has 2 N–H and O–H groups in total. The molecule has 4 aromatic carbocycles. The fourth-order valence-corrected chi connectivity index (χ4v) is 8.34. The lowest BCUT2D eigenvalue weighted by molar-refractivity contribution is -0.116. The van der Waals surface area contributed by atoms with Gasteiger partial charge < -0.3 is 39.2 Å². The zero-order valence-electron chi connectivity index (χ0n) is 36.2. The van der Waals surface area contributed by atoms with Crippen LogP contribution < -0.4 is 29.4 Å². The fraction of sp³-hybridized carbons (Fsp3) is 0.347. The Morgan fingerprint density at radius 2 is 1.39 bits per heavy atom. The quantitative estimate of drug-likeness (QED) is 0.0670. The van der Waals surface area contributed by atoms with Gasteiger partial charge in [-0.05, 0) is 88.4 Å². The molecule has 0 saturated carbocycles. The molecule has 0 spiro atoms. The maximum absolute atomic E-state index is 13.9. The number of rotatable bonds is 16. The van der Waals surface area contributed by atoms with Crippen molar-refractivity contribution in [1.29, 1.82) is 0 Å². The zero-order valence-corrected chi connectivity index (χ0v) is 36.2. The SMILES string of the molecule is COc1ccc(C2=CN(C=O)C(/C=N\c3cc(OCC(C)(C)CC(C)(C)COc4cc5c(cc4OC)C(=O)N4C=C(c6ccc(N)cc6)CC4C=N5)c(OC)cc3C)C2)cc1. The average Bonchev–Trinajstić information content (AvgIpc) is 3.85. The first-order chi connectivity index (χ1) is 29.2. The van der Waals surface area contributed by atoms with Crippen LogP contribution in [0.1, 0.15) is 74.0 Å². The number of aliphatic imine (C=N–C) groups is 2. The highest BCUT2D eigenvalue weighted by Crippen LogP contribution is 2.43. The minimum atomic E-state index is -0.285. The predicted octanol–water partition coefficient (Wildman–Crippen LogP) is 9.45. The summed E-state index contributed by atoms with van der Waals surface area (Å²) in [6.07, 6.45) is 10.3. The summed E-state index contributed by atoms with van der Waals surface area (Å²) in [6, 6.07) is 22.4. The van der Waals surface area contributed by atoms with Gasteiger partial charge in [0, 0.05) is 55.5 Å². The van der Waals surface area contributed by atoms with Gasteiger partial charge in [0.15, 0.2) is 23.0 Å². The van der Waals surface area contributed by atoms with E-state index in [0.717, 1.165) is 52.1 Å². The summed E-state index contributed by atoms with van der Waals surface area (Å²) in [5.41, 5.74) is 12.8. The van der Waals surface area contributed by atoms with E-state index in [1.807, 2.05) is 92.4 Å². The first-order valence-corrected chi connectivity index (χ1v) is 20.4. The molecule has 0 aromatic heterocycles. The van der Waals surface area contributed by atoms with E-state index in [1.54, 1.807) is 43.3 Å². The first kappa shape index (κ1) is 42.6. The number of methoxy groups -OCH3 is 3. The van der Waals surface area contributed by atoms with Crippen molar-refractivity contribution in [3.05, 3.63) is 107 Å². The molecule has 4 aromatic rings. The lowest BCUT2D eigenvalue weighted by Gasteiger charge is -2.35. The van der Waals surface area contributed by atoms with Crippen LogP contribution in [0.3, 0.4) is 0 Å². The molecule has 3 heterocycles. The lowest BCUT2D eigenvalue weighted by atomic mass is 9.76. The van der Waals surface area contributed by atoms with Crippen LogP contribution in [0.4, 0.5) is 17.1 Å². The van der Waals surface area contributed by atoms with E-state index < -0.39 is 0 Å². The van der Waals surface area contributed by atoms with Crippen LogP contribution in [-0.4, -0.2) is 81.2 Å². The number of hydrogen-bond acceptors (Lipinski definition) is 10. The number of amides is 2. The molecule has 0 saturated heterocycles. The zero-order chi connectivity index (χ0) is 43.5. The molecular weight excluding hydrogens is 771 g/mol. The molecule has 2 amide bonds. The number of anilines is 1. The van der Waals surface area contributed by atoms with Crippen LogP contribution in [-0.2, 0) is 4.79 Å². The van der Waals surface area contributed by atoms with Crippen molar-refractivity contribution in [2.75, 3.05) is 40.3 Å². The maximum Gasteiger partial charge on any atom is 0.260 e. The summed E-state index contributed by atoms with van der Waals surface area (Å²) in [5, 5.41) is 0. The molecule has 3 aliphatic rings. The highest BCUT2D eigenvalue weighted by molar-refractivity contribution is 6.05. The molecule has 2 unspecified atom stereocenters. The minimum Gasteiger partial charge on any atom is -0.497 e. The van der Waals surface area contributed by atoms with Crippen LogP contribution in [0.15, 0.2) is 95.2 Å². The third-order valence-electron chi connectivity index (χ3n) is 11.3. The standard InChI is InChI=1S/C49H55N5O7/c1-31-17-43(58-7)45(21-41(31)51-23-37-18-34(25-53(37)30-55)33-11-15-39(57-6)16-12-33)60-28-48(2,3)27-49(4,5)29-61-46-22-42-40(20-44(46)59-8)47(56)54-26-35(19-38(54)24-52-42)32-9-13-36(50)14-10-32/h9-17,20-26,30,37-38H,18-19,27-29,50H2,1-8H3/b51-23-. The van der Waals surface area contributed by atoms with Gasteiger partial charge in [-0.25, -0.2) is 0 Å². The molecule has 0 bridgehead atoms. The van der Waals surface area contributed by atoms with E-state index in [-0.39, 0.29) is 28.8 Å². The Hall–Kier alpha value is -6.56. The van der Waals surface area contributed by atoms with Gasteiger partial charge in [0.25, 0.3) is 5.91 Å². The average molecular weight is 826 g/mol. The van der Waals surface area contributed by atoms with Crippen LogP contribution in [0.25, 0.3) is 11.1 Å². The van der Waals surface area contributed by atoms with E-state index in [4.69, 9.17) is 39.4 Å². The molecule has 7 rings (SSSR count). The predicted molar refractivity (Wildman–Crippen MR) is 241 cm³/mol. The number of nitrogens with zero attached hydrogens (tertiary/aromatic N) is 4. The largest absolute Gasteiger partial charge is 0.497 e. The van der Waals surface area contributed by atoms with Crippen molar-refractivity contribution >= 4 is 53.0 Å². The number of fused-ring (bicyclic) bond motifs is 2. The number of benzene rings is 4. The summed E-state index contributed by atoms with van der Waals surface area (Å²) >= 11 is 0. The first-order valence-electron chi connectivity index (χ1n) is 20.4. The van der Waals surface area contributed by atoms with Crippen LogP contribution in [0, 0.1) is 17.8 Å². The maximum atomic E-state index is 13.9. The molecule has 2 atom stereocenters. The molecule has 0 aliphatic carbocycles. The number of nitrogen functional groups attached to an aromatic ring is 1. The Labute approximate surface area is 358 Å². The molecule has 318 valence electrons. The molecular formula is C49H55N5O7. The third kappa shape index (κ3) is 9.59. The second-order valence-corrected chi connectivity index (χ2v) is 17.4. The Bertz CT molecular complexity index is 2400. The fourth-order valence-electron chi connectivity index (χ4n) is 8.34. The van der Waals surface area contributed by atoms with Gasteiger partial charge in [-0.15, -0.1) is 0 Å². The van der Waals surface area contributed by atoms with Gasteiger partial charge in [-0.1, -0.05) is 52.0 Å². The van der Waals surface area contributed by atoms with E-state index in [2.05, 4.69) is 27.7 Å². The number of carbonyl (C=O) groups excluding carboxylic acids is 2. The van der Waals surface area contributed by atoms with Crippen LogP contribution in [0.2, 0.25) is 0 Å². The summed E-state index contributed by atoms with van der Waals surface area (Å²) in [4.78, 5) is 38.9. The van der Waals surface area contributed by atoms with Gasteiger partial charge in [-0.3, -0.25) is 19.6 Å². The molecule has 0 fully saturated rings. The van der Waals surface area contributed by atoms with E-state index in [9.17, 15) is 9.59 Å². The van der Waals surface area contributed by atoms with E-state index in [0.29, 0.717) is 66.0 Å². The molecule has 3 aliphatic heterocycles.